The minimum Gasteiger partial charge on any atom is -0.478 e. The van der Waals surface area contributed by atoms with E-state index >= 15 is 0 Å². The quantitative estimate of drug-likeness (QED) is 0.786. The second kappa shape index (κ2) is 5.47. The Balaban J connectivity index is 2.55. The first-order valence-electron chi connectivity index (χ1n) is 5.99. The number of nitrogens with one attached hydrogen (secondary N) is 1. The van der Waals surface area contributed by atoms with Crippen LogP contribution in [0.5, 0.6) is 0 Å². The van der Waals surface area contributed by atoms with Crippen LogP contribution in [-0.4, -0.2) is 37.7 Å². The maximum absolute atomic E-state index is 10.6. The van der Waals surface area contributed by atoms with Crippen molar-refractivity contribution in [3.63, 3.8) is 0 Å². The first-order chi connectivity index (χ1) is 9.15. The molecule has 2 N–H and O–H groups in total. The van der Waals surface area contributed by atoms with E-state index in [1.807, 2.05) is 6.92 Å². The molecule has 0 atom stereocenters. The van der Waals surface area contributed by atoms with Gasteiger partial charge in [0.25, 0.3) is 0 Å². The molecule has 2 rings (SSSR count). The van der Waals surface area contributed by atoms with Gasteiger partial charge in [0.15, 0.2) is 5.65 Å². The molecule has 0 fully saturated rings. The van der Waals surface area contributed by atoms with Gasteiger partial charge in [-0.05, 0) is 12.5 Å². The SMILES string of the molecule is CCCc1nc(NC)n2ncc(/C=C/C(=O)O)c2n1. The summed E-state index contributed by atoms with van der Waals surface area (Å²) < 4.78 is 1.56. The fraction of sp³-hybridized carbons (Fsp3) is 0.333. The lowest BCUT2D eigenvalue weighted by atomic mass is 10.3. The van der Waals surface area contributed by atoms with E-state index in [1.54, 1.807) is 17.8 Å². The third-order valence-corrected chi connectivity index (χ3v) is 2.54. The molecule has 0 saturated heterocycles. The van der Waals surface area contributed by atoms with E-state index in [0.29, 0.717) is 23.0 Å². The van der Waals surface area contributed by atoms with Gasteiger partial charge in [-0.2, -0.15) is 14.6 Å². The van der Waals surface area contributed by atoms with Crippen LogP contribution in [-0.2, 0) is 11.2 Å². The summed E-state index contributed by atoms with van der Waals surface area (Å²) in [6.45, 7) is 2.05. The molecule has 19 heavy (non-hydrogen) atoms. The highest BCUT2D eigenvalue weighted by atomic mass is 16.4. The number of hydrogen-bond acceptors (Lipinski definition) is 5. The number of aryl methyl sites for hydroxylation is 1. The molecule has 0 unspecified atom stereocenters. The van der Waals surface area contributed by atoms with Gasteiger partial charge in [0.2, 0.25) is 5.95 Å². The van der Waals surface area contributed by atoms with E-state index in [9.17, 15) is 4.79 Å². The summed E-state index contributed by atoms with van der Waals surface area (Å²) in [6, 6.07) is 0. The van der Waals surface area contributed by atoms with Crippen LogP contribution in [0.2, 0.25) is 0 Å². The predicted molar refractivity (Wildman–Crippen MR) is 71.0 cm³/mol. The standard InChI is InChI=1S/C12H15N5O2/c1-3-4-9-15-11-8(5-6-10(18)19)7-14-17(11)12(13-2)16-9/h5-7H,3-4H2,1-2H3,(H,18,19)(H,13,15,16)/b6-5+. The van der Waals surface area contributed by atoms with Crippen LogP contribution in [0, 0.1) is 0 Å². The summed E-state index contributed by atoms with van der Waals surface area (Å²) in [5, 5.41) is 15.8. The van der Waals surface area contributed by atoms with Crippen molar-refractivity contribution in [1.29, 1.82) is 0 Å². The van der Waals surface area contributed by atoms with E-state index in [0.717, 1.165) is 18.9 Å². The maximum atomic E-state index is 10.6. The van der Waals surface area contributed by atoms with E-state index < -0.39 is 5.97 Å². The lowest BCUT2D eigenvalue weighted by Gasteiger charge is -2.05. The highest BCUT2D eigenvalue weighted by Crippen LogP contribution is 2.15. The van der Waals surface area contributed by atoms with Crippen LogP contribution in [0.4, 0.5) is 5.95 Å². The molecular formula is C12H15N5O2. The number of hydrogen-bond donors (Lipinski definition) is 2. The Morgan fingerprint density at radius 1 is 1.53 bits per heavy atom. The Morgan fingerprint density at radius 3 is 2.95 bits per heavy atom. The number of nitrogens with zero attached hydrogens (tertiary/aromatic N) is 4. The molecule has 100 valence electrons. The highest BCUT2D eigenvalue weighted by molar-refractivity contribution is 5.86. The van der Waals surface area contributed by atoms with Crippen molar-refractivity contribution in [3.8, 4) is 0 Å². The van der Waals surface area contributed by atoms with Crippen molar-refractivity contribution < 1.29 is 9.90 Å². The molecule has 0 spiro atoms. The average Bonchev–Trinajstić information content (AvgIpc) is 2.79. The molecule has 2 aromatic heterocycles. The molecule has 0 aliphatic carbocycles. The van der Waals surface area contributed by atoms with Crippen molar-refractivity contribution in [2.75, 3.05) is 12.4 Å². The minimum atomic E-state index is -1.00. The number of carbonyl (C=O) groups is 1. The molecule has 7 nitrogen and oxygen atoms in total. The van der Waals surface area contributed by atoms with Crippen LogP contribution in [0.3, 0.4) is 0 Å². The lowest BCUT2D eigenvalue weighted by molar-refractivity contribution is -0.131. The van der Waals surface area contributed by atoms with Crippen LogP contribution in [0.1, 0.15) is 24.7 Å². The molecule has 0 aromatic carbocycles. The van der Waals surface area contributed by atoms with Gasteiger partial charge in [0, 0.05) is 25.1 Å². The third-order valence-electron chi connectivity index (χ3n) is 2.54. The topological polar surface area (TPSA) is 92.4 Å². The number of anilines is 1. The zero-order valence-corrected chi connectivity index (χ0v) is 10.8. The Bertz CT molecular complexity index is 632. The maximum Gasteiger partial charge on any atom is 0.328 e. The minimum absolute atomic E-state index is 0.587. The van der Waals surface area contributed by atoms with Crippen molar-refractivity contribution in [2.24, 2.45) is 0 Å². The molecule has 7 heteroatoms. The molecule has 0 bridgehead atoms. The Kier molecular flexibility index (Phi) is 3.74. The van der Waals surface area contributed by atoms with Crippen molar-refractivity contribution in [3.05, 3.63) is 23.7 Å². The van der Waals surface area contributed by atoms with Crippen LogP contribution >= 0.6 is 0 Å². The van der Waals surface area contributed by atoms with E-state index in [4.69, 9.17) is 5.11 Å². The molecule has 2 heterocycles. The normalized spacial score (nSPS) is 11.3. The van der Waals surface area contributed by atoms with Gasteiger partial charge in [0.05, 0.1) is 6.20 Å². The van der Waals surface area contributed by atoms with E-state index in [-0.39, 0.29) is 0 Å². The van der Waals surface area contributed by atoms with Crippen molar-refractivity contribution >= 4 is 23.6 Å². The van der Waals surface area contributed by atoms with Gasteiger partial charge in [-0.1, -0.05) is 6.92 Å². The molecule has 0 aliphatic rings. The fourth-order valence-electron chi connectivity index (χ4n) is 1.71. The summed E-state index contributed by atoms with van der Waals surface area (Å²) in [6.07, 6.45) is 5.82. The monoisotopic (exact) mass is 261 g/mol. The largest absolute Gasteiger partial charge is 0.478 e. The summed E-state index contributed by atoms with van der Waals surface area (Å²) in [5.74, 6) is 0.296. The number of carboxylic acid groups (broad SMARTS) is 1. The second-order valence-corrected chi connectivity index (χ2v) is 3.97. The average molecular weight is 261 g/mol. The van der Waals surface area contributed by atoms with Gasteiger partial charge in [-0.25, -0.2) is 9.78 Å². The molecule has 0 amide bonds. The number of aromatic nitrogens is 4. The van der Waals surface area contributed by atoms with Crippen LogP contribution < -0.4 is 5.32 Å². The van der Waals surface area contributed by atoms with E-state index in [1.165, 1.54) is 6.08 Å². The number of carboxylic acids is 1. The Hall–Kier alpha value is -2.44. The molecule has 0 aliphatic heterocycles. The van der Waals surface area contributed by atoms with Gasteiger partial charge < -0.3 is 10.4 Å². The zero-order chi connectivity index (χ0) is 13.8. The summed E-state index contributed by atoms with van der Waals surface area (Å²) in [5.41, 5.74) is 1.25. The lowest BCUT2D eigenvalue weighted by Crippen LogP contribution is -2.07. The number of aliphatic carboxylic acids is 1. The first-order valence-corrected chi connectivity index (χ1v) is 5.99. The van der Waals surface area contributed by atoms with Crippen LogP contribution in [0.15, 0.2) is 12.3 Å². The summed E-state index contributed by atoms with van der Waals surface area (Å²) in [4.78, 5) is 19.3. The molecule has 0 radical (unpaired) electrons. The number of fused-ring (bicyclic) bond motifs is 1. The zero-order valence-electron chi connectivity index (χ0n) is 10.8. The molecule has 2 aromatic rings. The molecular weight excluding hydrogens is 246 g/mol. The smallest absolute Gasteiger partial charge is 0.328 e. The second-order valence-electron chi connectivity index (χ2n) is 3.97. The van der Waals surface area contributed by atoms with Crippen molar-refractivity contribution in [1.82, 2.24) is 19.6 Å². The Morgan fingerprint density at radius 2 is 2.32 bits per heavy atom. The highest BCUT2D eigenvalue weighted by Gasteiger charge is 2.10. The number of rotatable bonds is 5. The summed E-state index contributed by atoms with van der Waals surface area (Å²) >= 11 is 0. The van der Waals surface area contributed by atoms with Gasteiger partial charge in [0.1, 0.15) is 5.82 Å². The predicted octanol–water partition coefficient (Wildman–Crippen LogP) is 1.22. The summed E-state index contributed by atoms with van der Waals surface area (Å²) in [7, 11) is 1.76. The first kappa shape index (κ1) is 13.0. The van der Waals surface area contributed by atoms with Gasteiger partial charge >= 0.3 is 5.97 Å². The molecule has 0 saturated carbocycles. The van der Waals surface area contributed by atoms with Gasteiger partial charge in [-0.15, -0.1) is 0 Å². The van der Waals surface area contributed by atoms with Gasteiger partial charge in [-0.3, -0.25) is 0 Å². The van der Waals surface area contributed by atoms with E-state index in [2.05, 4.69) is 20.4 Å². The van der Waals surface area contributed by atoms with Crippen LogP contribution in [0.25, 0.3) is 11.7 Å². The van der Waals surface area contributed by atoms with Crippen molar-refractivity contribution in [2.45, 2.75) is 19.8 Å². The Labute approximate surface area is 110 Å². The third kappa shape index (κ3) is 2.70. The fourth-order valence-corrected chi connectivity index (χ4v) is 1.71.